The molecule has 0 bridgehead atoms. The molecule has 2 atom stereocenters. The molecule has 0 saturated carbocycles. The topological polar surface area (TPSA) is 3.24 Å². The molecular weight excluding hydrogens is 238 g/mol. The summed E-state index contributed by atoms with van der Waals surface area (Å²) < 4.78 is 0. The summed E-state index contributed by atoms with van der Waals surface area (Å²) >= 11 is 7.58. The first kappa shape index (κ1) is 14.0. The number of hydrogen-bond donors (Lipinski definition) is 0. The summed E-state index contributed by atoms with van der Waals surface area (Å²) in [7, 11) is 2.21. The van der Waals surface area contributed by atoms with E-state index < -0.39 is 0 Å². The van der Waals surface area contributed by atoms with Crippen LogP contribution >= 0.6 is 22.9 Å². The van der Waals surface area contributed by atoms with Crippen molar-refractivity contribution in [2.75, 3.05) is 19.5 Å². The Morgan fingerprint density at radius 1 is 1.38 bits per heavy atom. The molecule has 0 saturated heterocycles. The molecule has 1 nitrogen and oxygen atoms in total. The maximum absolute atomic E-state index is 5.74. The lowest BCUT2D eigenvalue weighted by Crippen LogP contribution is -2.24. The summed E-state index contributed by atoms with van der Waals surface area (Å²) in [4.78, 5) is 3.88. The number of halogens is 1. The van der Waals surface area contributed by atoms with Crippen molar-refractivity contribution >= 4 is 22.9 Å². The predicted octanol–water partition coefficient (Wildman–Crippen LogP) is 4.40. The zero-order valence-electron chi connectivity index (χ0n) is 10.4. The number of hydrogen-bond acceptors (Lipinski definition) is 2. The largest absolute Gasteiger partial charge is 0.299 e. The van der Waals surface area contributed by atoms with Crippen LogP contribution in [0.4, 0.5) is 0 Å². The van der Waals surface area contributed by atoms with E-state index in [2.05, 4.69) is 43.3 Å². The van der Waals surface area contributed by atoms with Gasteiger partial charge in [0.2, 0.25) is 0 Å². The van der Waals surface area contributed by atoms with E-state index in [1.54, 1.807) is 0 Å². The van der Waals surface area contributed by atoms with Gasteiger partial charge in [0.1, 0.15) is 0 Å². The van der Waals surface area contributed by atoms with Gasteiger partial charge in [-0.05, 0) is 50.7 Å². The first-order valence-electron chi connectivity index (χ1n) is 5.94. The van der Waals surface area contributed by atoms with Gasteiger partial charge in [0, 0.05) is 16.8 Å². The fraction of sp³-hybridized carbons (Fsp3) is 0.692. The lowest BCUT2D eigenvalue weighted by molar-refractivity contribution is 0.245. The van der Waals surface area contributed by atoms with Crippen LogP contribution in [0.15, 0.2) is 17.5 Å². The minimum absolute atomic E-state index is 0.531. The van der Waals surface area contributed by atoms with E-state index >= 15 is 0 Å². The number of thiophene rings is 1. The highest BCUT2D eigenvalue weighted by Gasteiger charge is 2.13. The van der Waals surface area contributed by atoms with Crippen molar-refractivity contribution in [3.05, 3.63) is 22.4 Å². The average Bonchev–Trinajstić information content (AvgIpc) is 2.78. The summed E-state index contributed by atoms with van der Waals surface area (Å²) in [6, 6.07) is 4.87. The molecule has 92 valence electrons. The summed E-state index contributed by atoms with van der Waals surface area (Å²) in [5, 5.41) is 2.15. The third-order valence-electron chi connectivity index (χ3n) is 3.19. The summed E-state index contributed by atoms with van der Waals surface area (Å²) in [6.07, 6.45) is 2.36. The van der Waals surface area contributed by atoms with E-state index in [9.17, 15) is 0 Å². The fourth-order valence-electron chi connectivity index (χ4n) is 1.69. The SMILES string of the molecule is CC(CCCl)CCN(C)C(C)c1cccs1. The molecule has 0 aliphatic rings. The Kier molecular flexibility index (Phi) is 6.40. The highest BCUT2D eigenvalue weighted by Crippen LogP contribution is 2.24. The fourth-order valence-corrected chi connectivity index (χ4v) is 2.92. The van der Waals surface area contributed by atoms with Crippen molar-refractivity contribution in [2.45, 2.75) is 32.7 Å². The Hall–Kier alpha value is -0.0500. The number of nitrogens with zero attached hydrogens (tertiary/aromatic N) is 1. The van der Waals surface area contributed by atoms with Gasteiger partial charge in [0.05, 0.1) is 0 Å². The Morgan fingerprint density at radius 2 is 2.12 bits per heavy atom. The van der Waals surface area contributed by atoms with E-state index in [1.807, 2.05) is 11.3 Å². The van der Waals surface area contributed by atoms with E-state index in [1.165, 1.54) is 11.3 Å². The van der Waals surface area contributed by atoms with Gasteiger partial charge in [-0.15, -0.1) is 22.9 Å². The van der Waals surface area contributed by atoms with Crippen LogP contribution in [-0.4, -0.2) is 24.4 Å². The summed E-state index contributed by atoms with van der Waals surface area (Å²) in [5.41, 5.74) is 0. The van der Waals surface area contributed by atoms with Crippen molar-refractivity contribution in [3.8, 4) is 0 Å². The van der Waals surface area contributed by atoms with Crippen LogP contribution in [0.2, 0.25) is 0 Å². The second-order valence-corrected chi connectivity index (χ2v) is 5.90. The maximum Gasteiger partial charge on any atom is 0.0410 e. The van der Waals surface area contributed by atoms with Crippen molar-refractivity contribution in [1.29, 1.82) is 0 Å². The van der Waals surface area contributed by atoms with Crippen molar-refractivity contribution < 1.29 is 0 Å². The molecule has 1 aromatic rings. The Balaban J connectivity index is 2.32. The molecule has 0 aromatic carbocycles. The highest BCUT2D eigenvalue weighted by atomic mass is 35.5. The molecule has 16 heavy (non-hydrogen) atoms. The Labute approximate surface area is 108 Å². The smallest absolute Gasteiger partial charge is 0.0410 e. The van der Waals surface area contributed by atoms with Gasteiger partial charge in [-0.25, -0.2) is 0 Å². The molecule has 0 amide bonds. The third-order valence-corrected chi connectivity index (χ3v) is 4.45. The van der Waals surface area contributed by atoms with Crippen LogP contribution in [-0.2, 0) is 0 Å². The molecule has 0 N–H and O–H groups in total. The second kappa shape index (κ2) is 7.31. The predicted molar refractivity (Wildman–Crippen MR) is 74.5 cm³/mol. The van der Waals surface area contributed by atoms with Crippen LogP contribution in [0.25, 0.3) is 0 Å². The lowest BCUT2D eigenvalue weighted by Gasteiger charge is -2.25. The van der Waals surface area contributed by atoms with Crippen LogP contribution in [0, 0.1) is 5.92 Å². The van der Waals surface area contributed by atoms with E-state index in [4.69, 9.17) is 11.6 Å². The summed E-state index contributed by atoms with van der Waals surface area (Å²) in [6.45, 7) is 5.71. The van der Waals surface area contributed by atoms with Gasteiger partial charge in [-0.1, -0.05) is 13.0 Å². The molecule has 0 aliphatic carbocycles. The van der Waals surface area contributed by atoms with Crippen LogP contribution < -0.4 is 0 Å². The lowest BCUT2D eigenvalue weighted by atomic mass is 10.0. The second-order valence-electron chi connectivity index (χ2n) is 4.54. The van der Waals surface area contributed by atoms with E-state index in [0.29, 0.717) is 6.04 Å². The van der Waals surface area contributed by atoms with E-state index in [0.717, 1.165) is 24.8 Å². The highest BCUT2D eigenvalue weighted by molar-refractivity contribution is 7.10. The summed E-state index contributed by atoms with van der Waals surface area (Å²) in [5.74, 6) is 1.52. The van der Waals surface area contributed by atoms with Gasteiger partial charge >= 0.3 is 0 Å². The normalized spacial score (nSPS) is 15.3. The molecule has 0 spiro atoms. The van der Waals surface area contributed by atoms with Crippen LogP contribution in [0.1, 0.15) is 37.6 Å². The standard InChI is InChI=1S/C13H22ClNS/c1-11(6-8-14)7-9-15(3)12(2)13-5-4-10-16-13/h4-5,10-12H,6-9H2,1-3H3. The first-order chi connectivity index (χ1) is 7.65. The van der Waals surface area contributed by atoms with E-state index in [-0.39, 0.29) is 0 Å². The van der Waals surface area contributed by atoms with Gasteiger partial charge in [0.25, 0.3) is 0 Å². The quantitative estimate of drug-likeness (QED) is 0.657. The molecule has 0 fully saturated rings. The Morgan fingerprint density at radius 3 is 2.69 bits per heavy atom. The number of alkyl halides is 1. The molecule has 1 heterocycles. The number of rotatable bonds is 7. The van der Waals surface area contributed by atoms with Gasteiger partial charge in [-0.3, -0.25) is 4.90 Å². The average molecular weight is 260 g/mol. The minimum Gasteiger partial charge on any atom is -0.299 e. The van der Waals surface area contributed by atoms with Gasteiger partial charge < -0.3 is 0 Å². The van der Waals surface area contributed by atoms with Crippen LogP contribution in [0.3, 0.4) is 0 Å². The zero-order chi connectivity index (χ0) is 12.0. The molecule has 3 heteroatoms. The molecule has 1 rings (SSSR count). The molecule has 2 unspecified atom stereocenters. The van der Waals surface area contributed by atoms with Crippen molar-refractivity contribution in [2.24, 2.45) is 5.92 Å². The van der Waals surface area contributed by atoms with Crippen LogP contribution in [0.5, 0.6) is 0 Å². The Bertz CT molecular complexity index is 273. The first-order valence-corrected chi connectivity index (χ1v) is 7.36. The minimum atomic E-state index is 0.531. The maximum atomic E-state index is 5.74. The van der Waals surface area contributed by atoms with Gasteiger partial charge in [0.15, 0.2) is 0 Å². The van der Waals surface area contributed by atoms with Crippen molar-refractivity contribution in [1.82, 2.24) is 4.90 Å². The molecule has 0 aliphatic heterocycles. The van der Waals surface area contributed by atoms with Gasteiger partial charge in [-0.2, -0.15) is 0 Å². The monoisotopic (exact) mass is 259 g/mol. The molecular formula is C13H22ClNS. The molecule has 1 aromatic heterocycles. The zero-order valence-corrected chi connectivity index (χ0v) is 12.0. The van der Waals surface area contributed by atoms with Crippen molar-refractivity contribution in [3.63, 3.8) is 0 Å². The third kappa shape index (κ3) is 4.44. The molecule has 0 radical (unpaired) electrons.